The van der Waals surface area contributed by atoms with E-state index in [4.69, 9.17) is 14.2 Å². The second-order valence-electron chi connectivity index (χ2n) is 8.74. The molecular weight excluding hydrogens is 471 g/mol. The van der Waals surface area contributed by atoms with E-state index in [-0.39, 0.29) is 13.2 Å². The molecule has 0 N–H and O–H groups in total. The fraction of sp³-hybridized carbons (Fsp3) is 0.161. The first-order valence-electron chi connectivity index (χ1n) is 12.0. The molecule has 0 aromatic heterocycles. The molecule has 1 aliphatic heterocycles. The van der Waals surface area contributed by atoms with Crippen molar-refractivity contribution >= 4 is 11.9 Å². The van der Waals surface area contributed by atoms with Gasteiger partial charge in [-0.15, -0.1) is 0 Å². The van der Waals surface area contributed by atoms with Gasteiger partial charge in [-0.1, -0.05) is 84.9 Å². The minimum atomic E-state index is -1.51. The van der Waals surface area contributed by atoms with Gasteiger partial charge >= 0.3 is 11.9 Å². The molecule has 37 heavy (non-hydrogen) atoms. The number of alkyl halides is 1. The normalized spacial score (nSPS) is 18.8. The Balaban J connectivity index is 1.18. The predicted molar refractivity (Wildman–Crippen MR) is 138 cm³/mol. The highest BCUT2D eigenvalue weighted by molar-refractivity contribution is 5.91. The number of hydrogen-bond acceptors (Lipinski definition) is 5. The minimum Gasteiger partial charge on any atom is -0.459 e. The summed E-state index contributed by atoms with van der Waals surface area (Å²) in [6.45, 7) is -0.469. The number of hydrogen-bond donors (Lipinski definition) is 0. The molecule has 5 nitrogen and oxygen atoms in total. The van der Waals surface area contributed by atoms with Crippen LogP contribution in [0.2, 0.25) is 0 Å². The summed E-state index contributed by atoms with van der Waals surface area (Å²) in [5.74, 6) is -1.22. The summed E-state index contributed by atoms with van der Waals surface area (Å²) in [6.07, 6.45) is -3.58. The average Bonchev–Trinajstić information content (AvgIpc) is 3.31. The first-order chi connectivity index (χ1) is 18.1. The van der Waals surface area contributed by atoms with Crippen molar-refractivity contribution in [2.24, 2.45) is 0 Å². The van der Waals surface area contributed by atoms with E-state index < -0.39 is 30.3 Å². The molecule has 186 valence electrons. The molecule has 0 saturated carbocycles. The molecule has 0 spiro atoms. The molecule has 1 saturated heterocycles. The highest BCUT2D eigenvalue weighted by atomic mass is 19.1. The highest BCUT2D eigenvalue weighted by Gasteiger charge is 2.41. The lowest BCUT2D eigenvalue weighted by Crippen LogP contribution is -2.36. The van der Waals surface area contributed by atoms with Crippen LogP contribution < -0.4 is 0 Å². The fourth-order valence-corrected chi connectivity index (χ4v) is 4.22. The van der Waals surface area contributed by atoms with Crippen molar-refractivity contribution in [2.45, 2.75) is 18.4 Å². The van der Waals surface area contributed by atoms with Crippen LogP contribution in [0.4, 0.5) is 4.39 Å². The van der Waals surface area contributed by atoms with Crippen LogP contribution in [0.1, 0.15) is 20.7 Å². The molecule has 6 heteroatoms. The number of benzene rings is 4. The number of ether oxygens (including phenoxy) is 3. The fourth-order valence-electron chi connectivity index (χ4n) is 4.22. The molecule has 0 unspecified atom stereocenters. The molecule has 4 aromatic carbocycles. The zero-order valence-electron chi connectivity index (χ0n) is 20.0. The molecular formula is C31H25FO5. The van der Waals surface area contributed by atoms with E-state index in [2.05, 4.69) is 0 Å². The standard InChI is InChI=1S/C31H25FO5/c32-27-19-35-28(20-36-30(33)25-15-11-23(12-16-25)21-7-3-1-4-8-21)29(27)37-31(34)26-17-13-24(14-18-26)22-9-5-2-6-10-22/h1-18,27-29H,19-20H2/t27-,28-,29+/m1/s1. The first-order valence-corrected chi connectivity index (χ1v) is 12.0. The Morgan fingerprint density at radius 2 is 1.14 bits per heavy atom. The SMILES string of the molecule is O=C(OC[C@H]1OC[C@@H](F)[C@@H]1OC(=O)c1ccc(-c2ccccc2)cc1)c1ccc(-c2ccccc2)cc1. The third kappa shape index (κ3) is 5.76. The van der Waals surface area contributed by atoms with Crippen LogP contribution in [0.25, 0.3) is 22.3 Å². The topological polar surface area (TPSA) is 61.8 Å². The number of esters is 2. The summed E-state index contributed by atoms with van der Waals surface area (Å²) >= 11 is 0. The monoisotopic (exact) mass is 496 g/mol. The number of halogens is 1. The van der Waals surface area contributed by atoms with E-state index in [1.165, 1.54) is 0 Å². The van der Waals surface area contributed by atoms with Crippen LogP contribution in [0, 0.1) is 0 Å². The van der Waals surface area contributed by atoms with Gasteiger partial charge in [0.2, 0.25) is 0 Å². The van der Waals surface area contributed by atoms with Crippen LogP contribution in [-0.4, -0.2) is 43.5 Å². The van der Waals surface area contributed by atoms with Crippen molar-refractivity contribution in [3.05, 3.63) is 120 Å². The molecule has 5 rings (SSSR count). The van der Waals surface area contributed by atoms with Crippen LogP contribution in [0.3, 0.4) is 0 Å². The molecule has 0 bridgehead atoms. The smallest absolute Gasteiger partial charge is 0.338 e. The first kappa shape index (κ1) is 24.4. The van der Waals surface area contributed by atoms with Crippen molar-refractivity contribution in [3.8, 4) is 22.3 Å². The van der Waals surface area contributed by atoms with Crippen LogP contribution in [-0.2, 0) is 14.2 Å². The zero-order chi connectivity index (χ0) is 25.6. The molecule has 3 atom stereocenters. The summed E-state index contributed by atoms with van der Waals surface area (Å²) in [4.78, 5) is 25.2. The number of carbonyl (C=O) groups excluding carboxylic acids is 2. The van der Waals surface area contributed by atoms with Gasteiger partial charge in [-0.3, -0.25) is 0 Å². The predicted octanol–water partition coefficient (Wildman–Crippen LogP) is 6.14. The average molecular weight is 497 g/mol. The number of rotatable bonds is 7. The summed E-state index contributed by atoms with van der Waals surface area (Å²) in [6, 6.07) is 33.5. The van der Waals surface area contributed by atoms with Gasteiger partial charge in [-0.2, -0.15) is 0 Å². The summed E-state index contributed by atoms with van der Waals surface area (Å²) in [5, 5.41) is 0. The maximum atomic E-state index is 14.5. The zero-order valence-corrected chi connectivity index (χ0v) is 20.0. The van der Waals surface area contributed by atoms with E-state index in [1.807, 2.05) is 84.9 Å². The van der Waals surface area contributed by atoms with Crippen LogP contribution in [0.15, 0.2) is 109 Å². The van der Waals surface area contributed by atoms with E-state index in [0.29, 0.717) is 11.1 Å². The molecule has 0 radical (unpaired) electrons. The van der Waals surface area contributed by atoms with Crippen molar-refractivity contribution in [2.75, 3.05) is 13.2 Å². The van der Waals surface area contributed by atoms with Crippen molar-refractivity contribution in [1.82, 2.24) is 0 Å². The summed E-state index contributed by atoms with van der Waals surface area (Å²) < 4.78 is 30.7. The van der Waals surface area contributed by atoms with Crippen LogP contribution >= 0.6 is 0 Å². The van der Waals surface area contributed by atoms with E-state index in [0.717, 1.165) is 22.3 Å². The van der Waals surface area contributed by atoms with Gasteiger partial charge in [0.15, 0.2) is 12.3 Å². The molecule has 4 aromatic rings. The Hall–Kier alpha value is -4.29. The lowest BCUT2D eigenvalue weighted by molar-refractivity contribution is -0.0326. The molecule has 1 fully saturated rings. The van der Waals surface area contributed by atoms with Gasteiger partial charge in [0.1, 0.15) is 12.7 Å². The molecule has 0 amide bonds. The third-order valence-corrected chi connectivity index (χ3v) is 6.27. The van der Waals surface area contributed by atoms with Crippen molar-refractivity contribution in [1.29, 1.82) is 0 Å². The van der Waals surface area contributed by atoms with Gasteiger partial charge in [0.05, 0.1) is 17.7 Å². The van der Waals surface area contributed by atoms with E-state index in [9.17, 15) is 14.0 Å². The third-order valence-electron chi connectivity index (χ3n) is 6.27. The second kappa shape index (κ2) is 11.2. The van der Waals surface area contributed by atoms with Gasteiger partial charge in [0.25, 0.3) is 0 Å². The lowest BCUT2D eigenvalue weighted by atomic mass is 10.0. The highest BCUT2D eigenvalue weighted by Crippen LogP contribution is 2.25. The van der Waals surface area contributed by atoms with E-state index >= 15 is 0 Å². The van der Waals surface area contributed by atoms with Gasteiger partial charge in [-0.05, 0) is 46.5 Å². The largest absolute Gasteiger partial charge is 0.459 e. The quantitative estimate of drug-likeness (QED) is 0.288. The van der Waals surface area contributed by atoms with Crippen LogP contribution in [0.5, 0.6) is 0 Å². The second-order valence-corrected chi connectivity index (χ2v) is 8.74. The Labute approximate surface area is 214 Å². The van der Waals surface area contributed by atoms with Crippen molar-refractivity contribution in [3.63, 3.8) is 0 Å². The lowest BCUT2D eigenvalue weighted by Gasteiger charge is -2.20. The maximum Gasteiger partial charge on any atom is 0.338 e. The maximum absolute atomic E-state index is 14.5. The summed E-state index contributed by atoms with van der Waals surface area (Å²) in [7, 11) is 0. The van der Waals surface area contributed by atoms with Gasteiger partial charge in [0, 0.05) is 0 Å². The van der Waals surface area contributed by atoms with Crippen molar-refractivity contribution < 1.29 is 28.2 Å². The molecule has 1 heterocycles. The summed E-state index contributed by atoms with van der Waals surface area (Å²) in [5.41, 5.74) is 4.64. The Morgan fingerprint density at radius 1 is 0.676 bits per heavy atom. The molecule has 1 aliphatic rings. The Bertz CT molecular complexity index is 1340. The van der Waals surface area contributed by atoms with E-state index in [1.54, 1.807) is 24.3 Å². The Morgan fingerprint density at radius 3 is 1.65 bits per heavy atom. The van der Waals surface area contributed by atoms with Gasteiger partial charge < -0.3 is 14.2 Å². The van der Waals surface area contributed by atoms with Gasteiger partial charge in [-0.25, -0.2) is 14.0 Å². The minimum absolute atomic E-state index is 0.232. The molecule has 0 aliphatic carbocycles. The number of carbonyl (C=O) groups is 2. The Kier molecular flexibility index (Phi) is 7.38.